The summed E-state index contributed by atoms with van der Waals surface area (Å²) in [6.45, 7) is 8.35. The van der Waals surface area contributed by atoms with Crippen LogP contribution in [0.5, 0.6) is 0 Å². The third-order valence-corrected chi connectivity index (χ3v) is 1.88. The molecule has 1 nitrogen and oxygen atoms in total. The van der Waals surface area contributed by atoms with Crippen molar-refractivity contribution >= 4 is 0 Å². The molecule has 0 radical (unpaired) electrons. The molecule has 0 unspecified atom stereocenters. The zero-order valence-corrected chi connectivity index (χ0v) is 8.68. The molecular formula is C12H15N. The molecule has 1 aromatic heterocycles. The summed E-state index contributed by atoms with van der Waals surface area (Å²) in [7, 11) is 0. The highest BCUT2D eigenvalue weighted by Gasteiger charge is 2.12. The van der Waals surface area contributed by atoms with E-state index in [9.17, 15) is 0 Å². The van der Waals surface area contributed by atoms with E-state index >= 15 is 0 Å². The fourth-order valence-corrected chi connectivity index (χ4v) is 1.04. The molecule has 0 N–H and O–H groups in total. The Labute approximate surface area is 80.2 Å². The molecule has 0 spiro atoms. The predicted octanol–water partition coefficient (Wildman–Crippen LogP) is 2.75. The zero-order chi connectivity index (χ0) is 9.90. The predicted molar refractivity (Wildman–Crippen MR) is 55.5 cm³/mol. The van der Waals surface area contributed by atoms with Crippen LogP contribution in [0.3, 0.4) is 0 Å². The molecular weight excluding hydrogens is 158 g/mol. The molecule has 1 heterocycles. The molecule has 0 atom stereocenters. The van der Waals surface area contributed by atoms with Gasteiger partial charge in [-0.05, 0) is 29.9 Å². The Bertz CT molecular complexity index is 330. The zero-order valence-electron chi connectivity index (χ0n) is 8.68. The summed E-state index contributed by atoms with van der Waals surface area (Å²) in [5.41, 5.74) is 2.26. The van der Waals surface area contributed by atoms with Crippen molar-refractivity contribution in [3.8, 4) is 11.8 Å². The van der Waals surface area contributed by atoms with Crippen molar-refractivity contribution in [2.45, 2.75) is 33.1 Å². The quantitative estimate of drug-likeness (QED) is 0.550. The van der Waals surface area contributed by atoms with Gasteiger partial charge in [0.15, 0.2) is 0 Å². The first-order valence-electron chi connectivity index (χ1n) is 4.43. The Hall–Kier alpha value is -1.29. The minimum Gasteiger partial charge on any atom is -0.247 e. The van der Waals surface area contributed by atoms with Crippen molar-refractivity contribution in [3.05, 3.63) is 29.6 Å². The van der Waals surface area contributed by atoms with E-state index in [1.165, 1.54) is 5.56 Å². The largest absolute Gasteiger partial charge is 0.247 e. The number of pyridine rings is 1. The highest BCUT2D eigenvalue weighted by molar-refractivity contribution is 5.30. The number of hydrogen-bond acceptors (Lipinski definition) is 1. The summed E-state index contributed by atoms with van der Waals surface area (Å²) < 4.78 is 0. The van der Waals surface area contributed by atoms with Crippen molar-refractivity contribution in [1.29, 1.82) is 0 Å². The molecule has 0 bridgehead atoms. The molecule has 0 fully saturated rings. The smallest absolute Gasteiger partial charge is 0.113 e. The highest BCUT2D eigenvalue weighted by atomic mass is 14.7. The first-order chi connectivity index (χ1) is 6.04. The van der Waals surface area contributed by atoms with Crippen LogP contribution in [0, 0.1) is 11.8 Å². The van der Waals surface area contributed by atoms with Crippen LogP contribution in [-0.2, 0) is 5.41 Å². The Kier molecular flexibility index (Phi) is 2.72. The number of nitrogens with zero attached hydrogens (tertiary/aromatic N) is 1. The van der Waals surface area contributed by atoms with E-state index in [2.05, 4.69) is 43.7 Å². The summed E-state index contributed by atoms with van der Waals surface area (Å²) >= 11 is 0. The van der Waals surface area contributed by atoms with E-state index in [1.54, 1.807) is 0 Å². The van der Waals surface area contributed by atoms with E-state index in [0.29, 0.717) is 0 Å². The van der Waals surface area contributed by atoms with Crippen molar-refractivity contribution in [1.82, 2.24) is 4.98 Å². The second kappa shape index (κ2) is 3.62. The maximum absolute atomic E-state index is 4.26. The van der Waals surface area contributed by atoms with Crippen LogP contribution in [0.25, 0.3) is 0 Å². The molecule has 0 saturated heterocycles. The molecule has 1 heteroatoms. The van der Waals surface area contributed by atoms with Gasteiger partial charge >= 0.3 is 0 Å². The molecule has 0 saturated carbocycles. The van der Waals surface area contributed by atoms with Gasteiger partial charge in [-0.1, -0.05) is 32.8 Å². The van der Waals surface area contributed by atoms with Gasteiger partial charge < -0.3 is 0 Å². The fraction of sp³-hybridized carbons (Fsp3) is 0.417. The van der Waals surface area contributed by atoms with E-state index in [0.717, 1.165) is 5.69 Å². The van der Waals surface area contributed by atoms with Crippen LogP contribution in [-0.4, -0.2) is 4.98 Å². The standard InChI is InChI=1S/C12H15N/c1-5-6-11-8-7-10(9-13-11)12(2,3)4/h7-9H,1-4H3. The number of aromatic nitrogens is 1. The fourth-order valence-electron chi connectivity index (χ4n) is 1.04. The first-order valence-corrected chi connectivity index (χ1v) is 4.43. The molecule has 0 aliphatic carbocycles. The average Bonchev–Trinajstić information content (AvgIpc) is 2.04. The van der Waals surface area contributed by atoms with Gasteiger partial charge in [0.25, 0.3) is 0 Å². The van der Waals surface area contributed by atoms with Gasteiger partial charge in [-0.3, -0.25) is 0 Å². The van der Waals surface area contributed by atoms with Gasteiger partial charge in [0.05, 0.1) is 0 Å². The van der Waals surface area contributed by atoms with Crippen molar-refractivity contribution < 1.29 is 0 Å². The van der Waals surface area contributed by atoms with Crippen LogP contribution in [0.15, 0.2) is 18.3 Å². The summed E-state index contributed by atoms with van der Waals surface area (Å²) in [5, 5.41) is 0. The summed E-state index contributed by atoms with van der Waals surface area (Å²) in [6.07, 6.45) is 1.90. The number of hydrogen-bond donors (Lipinski definition) is 0. The maximum atomic E-state index is 4.26. The highest BCUT2D eigenvalue weighted by Crippen LogP contribution is 2.20. The van der Waals surface area contributed by atoms with Crippen LogP contribution in [0.4, 0.5) is 0 Å². The summed E-state index contributed by atoms with van der Waals surface area (Å²) in [5.74, 6) is 5.75. The Morgan fingerprint density at radius 3 is 2.31 bits per heavy atom. The first kappa shape index (κ1) is 9.80. The second-order valence-electron chi connectivity index (χ2n) is 4.06. The van der Waals surface area contributed by atoms with Gasteiger partial charge in [-0.2, -0.15) is 0 Å². The number of rotatable bonds is 0. The van der Waals surface area contributed by atoms with E-state index in [1.807, 2.05) is 19.2 Å². The lowest BCUT2D eigenvalue weighted by Gasteiger charge is -2.17. The second-order valence-corrected chi connectivity index (χ2v) is 4.06. The minimum atomic E-state index is 0.172. The SMILES string of the molecule is CC#Cc1ccc(C(C)(C)C)cn1. The lowest BCUT2D eigenvalue weighted by Crippen LogP contribution is -2.11. The van der Waals surface area contributed by atoms with Crippen molar-refractivity contribution in [3.63, 3.8) is 0 Å². The lowest BCUT2D eigenvalue weighted by molar-refractivity contribution is 0.587. The third-order valence-electron chi connectivity index (χ3n) is 1.88. The Morgan fingerprint density at radius 2 is 1.92 bits per heavy atom. The van der Waals surface area contributed by atoms with Crippen LogP contribution < -0.4 is 0 Å². The van der Waals surface area contributed by atoms with Crippen molar-refractivity contribution in [2.75, 3.05) is 0 Å². The Balaban J connectivity index is 2.98. The van der Waals surface area contributed by atoms with E-state index in [4.69, 9.17) is 0 Å². The molecule has 1 rings (SSSR count). The van der Waals surface area contributed by atoms with E-state index in [-0.39, 0.29) is 5.41 Å². The van der Waals surface area contributed by atoms with Crippen molar-refractivity contribution in [2.24, 2.45) is 0 Å². The Morgan fingerprint density at radius 1 is 1.23 bits per heavy atom. The molecule has 13 heavy (non-hydrogen) atoms. The summed E-state index contributed by atoms with van der Waals surface area (Å²) in [4.78, 5) is 4.26. The maximum Gasteiger partial charge on any atom is 0.113 e. The van der Waals surface area contributed by atoms with Gasteiger partial charge in [0.2, 0.25) is 0 Å². The average molecular weight is 173 g/mol. The molecule has 0 aromatic carbocycles. The minimum absolute atomic E-state index is 0.172. The normalized spacial score (nSPS) is 10.5. The molecule has 0 amide bonds. The van der Waals surface area contributed by atoms with Gasteiger partial charge in [-0.15, -0.1) is 0 Å². The molecule has 0 aliphatic rings. The van der Waals surface area contributed by atoms with Crippen LogP contribution in [0.1, 0.15) is 39.0 Å². The topological polar surface area (TPSA) is 12.9 Å². The van der Waals surface area contributed by atoms with Crippen LogP contribution >= 0.6 is 0 Å². The molecule has 0 aliphatic heterocycles. The van der Waals surface area contributed by atoms with Gasteiger partial charge in [0.1, 0.15) is 5.69 Å². The van der Waals surface area contributed by atoms with E-state index < -0.39 is 0 Å². The summed E-state index contributed by atoms with van der Waals surface area (Å²) in [6, 6.07) is 4.06. The monoisotopic (exact) mass is 173 g/mol. The third kappa shape index (κ3) is 2.59. The van der Waals surface area contributed by atoms with Gasteiger partial charge in [-0.25, -0.2) is 4.98 Å². The van der Waals surface area contributed by atoms with Crippen LogP contribution in [0.2, 0.25) is 0 Å². The van der Waals surface area contributed by atoms with Gasteiger partial charge in [0, 0.05) is 6.20 Å². The lowest BCUT2D eigenvalue weighted by atomic mass is 9.88. The molecule has 1 aromatic rings. The molecule has 68 valence electrons.